The van der Waals surface area contributed by atoms with Gasteiger partial charge in [-0.15, -0.1) is 0 Å². The van der Waals surface area contributed by atoms with E-state index in [4.69, 9.17) is 4.74 Å². The number of hydrogen-bond donors (Lipinski definition) is 1. The molecule has 1 aromatic carbocycles. The van der Waals surface area contributed by atoms with E-state index in [0.717, 1.165) is 22.4 Å². The number of benzene rings is 1. The fourth-order valence-corrected chi connectivity index (χ4v) is 3.62. The number of ether oxygens (including phenoxy) is 1. The van der Waals surface area contributed by atoms with Crippen LogP contribution in [0.15, 0.2) is 42.7 Å². The van der Waals surface area contributed by atoms with Gasteiger partial charge in [-0.3, -0.25) is 19.5 Å². The van der Waals surface area contributed by atoms with Crippen molar-refractivity contribution in [3.05, 3.63) is 59.4 Å². The van der Waals surface area contributed by atoms with E-state index in [1.54, 1.807) is 31.5 Å². The number of carbonyl (C=O) groups is 2. The fourth-order valence-electron chi connectivity index (χ4n) is 3.62. The summed E-state index contributed by atoms with van der Waals surface area (Å²) < 4.78 is 5.32. The molecule has 1 aliphatic rings. The van der Waals surface area contributed by atoms with E-state index in [2.05, 4.69) is 21.3 Å². The fraction of sp³-hybridized carbons (Fsp3) is 0.409. The molecule has 1 saturated heterocycles. The summed E-state index contributed by atoms with van der Waals surface area (Å²) in [7, 11) is 3.41. The van der Waals surface area contributed by atoms with Crippen molar-refractivity contribution in [3.63, 3.8) is 0 Å². The van der Waals surface area contributed by atoms with Crippen molar-refractivity contribution in [1.29, 1.82) is 0 Å². The third kappa shape index (κ3) is 5.32. The molecular weight excluding hydrogens is 368 g/mol. The van der Waals surface area contributed by atoms with Crippen molar-refractivity contribution in [2.75, 3.05) is 27.2 Å². The van der Waals surface area contributed by atoms with E-state index < -0.39 is 6.04 Å². The van der Waals surface area contributed by atoms with Crippen LogP contribution in [0, 0.1) is 6.92 Å². The van der Waals surface area contributed by atoms with Gasteiger partial charge in [0.2, 0.25) is 11.8 Å². The van der Waals surface area contributed by atoms with Gasteiger partial charge in [-0.2, -0.15) is 0 Å². The van der Waals surface area contributed by atoms with Gasteiger partial charge in [0.05, 0.1) is 19.6 Å². The quantitative estimate of drug-likeness (QED) is 0.772. The first-order valence-corrected chi connectivity index (χ1v) is 9.76. The van der Waals surface area contributed by atoms with Gasteiger partial charge in [0, 0.05) is 45.6 Å². The number of carbonyl (C=O) groups excluding carboxylic acids is 2. The molecule has 0 saturated carbocycles. The SMILES string of the molecule is COc1ccc(CN2CCNC(=O)C2CC(=O)N(C)Cc2cccnc2)cc1C. The van der Waals surface area contributed by atoms with Gasteiger partial charge in [0.15, 0.2) is 0 Å². The second kappa shape index (κ2) is 9.52. The first-order chi connectivity index (χ1) is 14.0. The molecule has 2 aromatic rings. The molecule has 7 heteroatoms. The van der Waals surface area contributed by atoms with Gasteiger partial charge in [0.1, 0.15) is 5.75 Å². The molecule has 0 spiro atoms. The van der Waals surface area contributed by atoms with Crippen molar-refractivity contribution in [2.24, 2.45) is 0 Å². The van der Waals surface area contributed by atoms with Gasteiger partial charge in [0.25, 0.3) is 0 Å². The molecule has 1 fully saturated rings. The molecule has 154 valence electrons. The standard InChI is InChI=1S/C22H28N4O3/c1-16-11-17(6-7-20(16)29-3)15-26-10-9-24-22(28)19(26)12-21(27)25(2)14-18-5-4-8-23-13-18/h4-8,11,13,19H,9-10,12,14-15H2,1-3H3,(H,24,28). The number of nitrogens with one attached hydrogen (secondary N) is 1. The lowest BCUT2D eigenvalue weighted by atomic mass is 10.0. The number of aryl methyl sites for hydroxylation is 1. The van der Waals surface area contributed by atoms with Crippen molar-refractivity contribution < 1.29 is 14.3 Å². The second-order valence-electron chi connectivity index (χ2n) is 7.40. The summed E-state index contributed by atoms with van der Waals surface area (Å²) in [4.78, 5) is 33.1. The number of pyridine rings is 1. The molecule has 0 bridgehead atoms. The number of nitrogens with zero attached hydrogens (tertiary/aromatic N) is 3. The van der Waals surface area contributed by atoms with E-state index in [1.807, 2.05) is 31.2 Å². The summed E-state index contributed by atoms with van der Waals surface area (Å²) in [5.41, 5.74) is 3.11. The molecule has 0 radical (unpaired) electrons. The third-order valence-corrected chi connectivity index (χ3v) is 5.22. The van der Waals surface area contributed by atoms with Crippen molar-refractivity contribution in [1.82, 2.24) is 20.1 Å². The Bertz CT molecular complexity index is 856. The number of amides is 2. The van der Waals surface area contributed by atoms with Gasteiger partial charge in [-0.05, 0) is 35.7 Å². The number of hydrogen-bond acceptors (Lipinski definition) is 5. The van der Waals surface area contributed by atoms with Crippen LogP contribution >= 0.6 is 0 Å². The highest BCUT2D eigenvalue weighted by atomic mass is 16.5. The van der Waals surface area contributed by atoms with Gasteiger partial charge in [-0.1, -0.05) is 18.2 Å². The minimum atomic E-state index is -0.477. The Labute approximate surface area is 171 Å². The van der Waals surface area contributed by atoms with Crippen LogP contribution in [0.25, 0.3) is 0 Å². The number of methoxy groups -OCH3 is 1. The van der Waals surface area contributed by atoms with Crippen LogP contribution in [0.3, 0.4) is 0 Å². The van der Waals surface area contributed by atoms with E-state index in [9.17, 15) is 9.59 Å². The lowest BCUT2D eigenvalue weighted by Crippen LogP contribution is -2.56. The van der Waals surface area contributed by atoms with E-state index in [-0.39, 0.29) is 18.2 Å². The molecule has 2 amide bonds. The average molecular weight is 396 g/mol. The minimum absolute atomic E-state index is 0.0631. The van der Waals surface area contributed by atoms with Crippen LogP contribution < -0.4 is 10.1 Å². The number of aromatic nitrogens is 1. The largest absolute Gasteiger partial charge is 0.496 e. The molecule has 2 heterocycles. The van der Waals surface area contributed by atoms with Crippen LogP contribution in [0.5, 0.6) is 5.75 Å². The molecule has 7 nitrogen and oxygen atoms in total. The van der Waals surface area contributed by atoms with Gasteiger partial charge < -0.3 is 15.0 Å². The average Bonchev–Trinajstić information content (AvgIpc) is 2.71. The summed E-state index contributed by atoms with van der Waals surface area (Å²) in [5.74, 6) is 0.685. The van der Waals surface area contributed by atoms with Gasteiger partial charge in [-0.25, -0.2) is 0 Å². The predicted molar refractivity (Wildman–Crippen MR) is 110 cm³/mol. The maximum atomic E-state index is 12.8. The first-order valence-electron chi connectivity index (χ1n) is 9.76. The van der Waals surface area contributed by atoms with Crippen molar-refractivity contribution >= 4 is 11.8 Å². The lowest BCUT2D eigenvalue weighted by molar-refractivity contribution is -0.138. The van der Waals surface area contributed by atoms with E-state index in [0.29, 0.717) is 26.2 Å². The van der Waals surface area contributed by atoms with Crippen LogP contribution in [-0.4, -0.2) is 59.9 Å². The Kier molecular flexibility index (Phi) is 6.82. The normalized spacial score (nSPS) is 16.9. The Balaban J connectivity index is 1.67. The van der Waals surface area contributed by atoms with Crippen LogP contribution in [0.2, 0.25) is 0 Å². The Morgan fingerprint density at radius 3 is 2.86 bits per heavy atom. The Morgan fingerprint density at radius 1 is 1.34 bits per heavy atom. The maximum absolute atomic E-state index is 12.8. The molecule has 1 atom stereocenters. The van der Waals surface area contributed by atoms with Gasteiger partial charge >= 0.3 is 0 Å². The van der Waals surface area contributed by atoms with Crippen LogP contribution in [0.4, 0.5) is 0 Å². The van der Waals surface area contributed by atoms with E-state index >= 15 is 0 Å². The molecule has 1 N–H and O–H groups in total. The zero-order valence-corrected chi connectivity index (χ0v) is 17.2. The zero-order chi connectivity index (χ0) is 20.8. The highest BCUT2D eigenvalue weighted by Crippen LogP contribution is 2.21. The lowest BCUT2D eigenvalue weighted by Gasteiger charge is -2.35. The van der Waals surface area contributed by atoms with Crippen molar-refractivity contribution in [3.8, 4) is 5.75 Å². The van der Waals surface area contributed by atoms with Crippen LogP contribution in [-0.2, 0) is 22.7 Å². The Hall–Kier alpha value is -2.93. The maximum Gasteiger partial charge on any atom is 0.237 e. The molecule has 3 rings (SSSR count). The summed E-state index contributed by atoms with van der Waals surface area (Å²) in [6.07, 6.45) is 3.60. The number of piperazine rings is 1. The summed E-state index contributed by atoms with van der Waals surface area (Å²) in [6.45, 7) is 4.38. The second-order valence-corrected chi connectivity index (χ2v) is 7.40. The van der Waals surface area contributed by atoms with E-state index in [1.165, 1.54) is 0 Å². The monoisotopic (exact) mass is 396 g/mol. The smallest absolute Gasteiger partial charge is 0.237 e. The topological polar surface area (TPSA) is 74.8 Å². The number of rotatable bonds is 7. The summed E-state index contributed by atoms with van der Waals surface area (Å²) >= 11 is 0. The molecule has 1 unspecified atom stereocenters. The molecule has 0 aliphatic carbocycles. The molecule has 1 aliphatic heterocycles. The molecule has 1 aromatic heterocycles. The highest BCUT2D eigenvalue weighted by molar-refractivity contribution is 5.88. The predicted octanol–water partition coefficient (Wildman–Crippen LogP) is 1.75. The summed E-state index contributed by atoms with van der Waals surface area (Å²) in [6, 6.07) is 9.32. The summed E-state index contributed by atoms with van der Waals surface area (Å²) in [5, 5.41) is 2.89. The zero-order valence-electron chi connectivity index (χ0n) is 17.2. The van der Waals surface area contributed by atoms with Crippen molar-refractivity contribution in [2.45, 2.75) is 32.5 Å². The third-order valence-electron chi connectivity index (χ3n) is 5.22. The minimum Gasteiger partial charge on any atom is -0.496 e. The molecule has 29 heavy (non-hydrogen) atoms. The Morgan fingerprint density at radius 2 is 2.17 bits per heavy atom. The van der Waals surface area contributed by atoms with Crippen LogP contribution in [0.1, 0.15) is 23.1 Å². The first kappa shape index (κ1) is 20.8. The highest BCUT2D eigenvalue weighted by Gasteiger charge is 2.32. The molecular formula is C22H28N4O3.